The van der Waals surface area contributed by atoms with Crippen molar-refractivity contribution in [2.75, 3.05) is 0 Å². The Labute approximate surface area is 78.2 Å². The standard InChI is InChI=1S/C6H3Cl3O2/c7-3-1-2-4(11-10)6(9)5(3)8/h1-2,10H. The molecule has 0 heterocycles. The van der Waals surface area contributed by atoms with Crippen molar-refractivity contribution in [1.29, 1.82) is 0 Å². The summed E-state index contributed by atoms with van der Waals surface area (Å²) in [6.45, 7) is 0. The molecule has 5 heteroatoms. The Morgan fingerprint density at radius 1 is 1.09 bits per heavy atom. The highest BCUT2D eigenvalue weighted by atomic mass is 35.5. The SMILES string of the molecule is OOc1ccc(Cl)c(Cl)c1Cl. The van der Waals surface area contributed by atoms with Crippen molar-refractivity contribution >= 4 is 34.8 Å². The summed E-state index contributed by atoms with van der Waals surface area (Å²) in [6.07, 6.45) is 0. The third-order valence-corrected chi connectivity index (χ3v) is 2.37. The molecule has 0 unspecified atom stereocenters. The molecule has 0 radical (unpaired) electrons. The number of benzene rings is 1. The maximum absolute atomic E-state index is 8.25. The molecule has 0 aliphatic carbocycles. The summed E-state index contributed by atoms with van der Waals surface area (Å²) in [5, 5.41) is 8.83. The first-order valence-electron chi connectivity index (χ1n) is 2.61. The quantitative estimate of drug-likeness (QED) is 0.439. The van der Waals surface area contributed by atoms with Crippen LogP contribution in [0.5, 0.6) is 5.75 Å². The molecule has 0 fully saturated rings. The molecule has 0 amide bonds. The maximum atomic E-state index is 8.25. The fourth-order valence-electron chi connectivity index (χ4n) is 0.579. The van der Waals surface area contributed by atoms with Crippen molar-refractivity contribution < 1.29 is 10.1 Å². The Balaban J connectivity index is 3.25. The highest BCUT2D eigenvalue weighted by Crippen LogP contribution is 2.36. The second-order valence-corrected chi connectivity index (χ2v) is 2.93. The van der Waals surface area contributed by atoms with Gasteiger partial charge in [-0.15, -0.1) is 0 Å². The van der Waals surface area contributed by atoms with Crippen LogP contribution in [0.4, 0.5) is 0 Å². The maximum Gasteiger partial charge on any atom is 0.185 e. The molecular formula is C6H3Cl3O2. The monoisotopic (exact) mass is 212 g/mol. The van der Waals surface area contributed by atoms with Crippen LogP contribution < -0.4 is 4.89 Å². The smallest absolute Gasteiger partial charge is 0.185 e. The van der Waals surface area contributed by atoms with Crippen LogP contribution >= 0.6 is 34.8 Å². The van der Waals surface area contributed by atoms with E-state index in [4.69, 9.17) is 40.1 Å². The summed E-state index contributed by atoms with van der Waals surface area (Å²) in [5.41, 5.74) is 0. The first-order valence-corrected chi connectivity index (χ1v) is 3.75. The van der Waals surface area contributed by atoms with Gasteiger partial charge in [-0.1, -0.05) is 34.8 Å². The minimum Gasteiger partial charge on any atom is -0.339 e. The van der Waals surface area contributed by atoms with Crippen LogP contribution in [0.2, 0.25) is 15.1 Å². The molecule has 1 N–H and O–H groups in total. The van der Waals surface area contributed by atoms with Crippen molar-refractivity contribution in [1.82, 2.24) is 0 Å². The third kappa shape index (κ3) is 1.71. The fourth-order valence-corrected chi connectivity index (χ4v) is 1.14. The van der Waals surface area contributed by atoms with Crippen molar-refractivity contribution in [2.45, 2.75) is 0 Å². The molecule has 1 aromatic carbocycles. The average Bonchev–Trinajstić information content (AvgIpc) is 2.01. The van der Waals surface area contributed by atoms with Gasteiger partial charge in [-0.05, 0) is 12.1 Å². The normalized spacial score (nSPS) is 9.82. The van der Waals surface area contributed by atoms with Gasteiger partial charge in [0.05, 0.1) is 10.0 Å². The van der Waals surface area contributed by atoms with Crippen LogP contribution in [0.15, 0.2) is 12.1 Å². The van der Waals surface area contributed by atoms with Gasteiger partial charge in [0, 0.05) is 0 Å². The van der Waals surface area contributed by atoms with E-state index in [0.717, 1.165) is 0 Å². The molecule has 1 rings (SSSR count). The molecule has 0 aromatic heterocycles. The molecule has 0 aliphatic rings. The summed E-state index contributed by atoms with van der Waals surface area (Å²) < 4.78 is 0. The lowest BCUT2D eigenvalue weighted by Gasteiger charge is -2.02. The van der Waals surface area contributed by atoms with E-state index in [0.29, 0.717) is 5.02 Å². The minimum absolute atomic E-state index is 0.0843. The van der Waals surface area contributed by atoms with Crippen LogP contribution in [0, 0.1) is 0 Å². The number of rotatable bonds is 1. The summed E-state index contributed by atoms with van der Waals surface area (Å²) in [5.74, 6) is 0.0843. The van der Waals surface area contributed by atoms with Crippen LogP contribution in [-0.4, -0.2) is 5.26 Å². The molecule has 0 aliphatic heterocycles. The van der Waals surface area contributed by atoms with E-state index in [9.17, 15) is 0 Å². The van der Waals surface area contributed by atoms with Crippen LogP contribution in [-0.2, 0) is 0 Å². The van der Waals surface area contributed by atoms with E-state index in [1.54, 1.807) is 0 Å². The summed E-state index contributed by atoms with van der Waals surface area (Å²) in [7, 11) is 0. The second-order valence-electron chi connectivity index (χ2n) is 1.76. The lowest BCUT2D eigenvalue weighted by molar-refractivity contribution is -0.137. The van der Waals surface area contributed by atoms with E-state index < -0.39 is 0 Å². The molecule has 0 bridgehead atoms. The zero-order valence-electron chi connectivity index (χ0n) is 5.14. The van der Waals surface area contributed by atoms with E-state index in [-0.39, 0.29) is 15.8 Å². The average molecular weight is 213 g/mol. The molecule has 0 atom stereocenters. The van der Waals surface area contributed by atoms with E-state index in [1.807, 2.05) is 0 Å². The van der Waals surface area contributed by atoms with Gasteiger partial charge in [0.1, 0.15) is 5.02 Å². The van der Waals surface area contributed by atoms with Gasteiger partial charge >= 0.3 is 0 Å². The first kappa shape index (κ1) is 8.94. The predicted octanol–water partition coefficient (Wildman–Crippen LogP) is 3.50. The topological polar surface area (TPSA) is 29.5 Å². The van der Waals surface area contributed by atoms with E-state index >= 15 is 0 Å². The number of halogens is 3. The van der Waals surface area contributed by atoms with Crippen LogP contribution in [0.25, 0.3) is 0 Å². The van der Waals surface area contributed by atoms with Gasteiger partial charge in [0.25, 0.3) is 0 Å². The molecule has 2 nitrogen and oxygen atoms in total. The molecule has 1 aromatic rings. The Morgan fingerprint density at radius 3 is 2.27 bits per heavy atom. The highest BCUT2D eigenvalue weighted by molar-refractivity contribution is 6.48. The predicted molar refractivity (Wildman–Crippen MR) is 44.7 cm³/mol. The Morgan fingerprint density at radius 2 is 1.73 bits per heavy atom. The van der Waals surface area contributed by atoms with Gasteiger partial charge in [0.2, 0.25) is 0 Å². The highest BCUT2D eigenvalue weighted by Gasteiger charge is 2.08. The van der Waals surface area contributed by atoms with Crippen molar-refractivity contribution in [3.8, 4) is 5.75 Å². The lowest BCUT2D eigenvalue weighted by atomic mass is 10.3. The molecule has 0 saturated carbocycles. The zero-order chi connectivity index (χ0) is 8.43. The summed E-state index contributed by atoms with van der Waals surface area (Å²) >= 11 is 16.8. The zero-order valence-corrected chi connectivity index (χ0v) is 7.41. The number of hydrogen-bond donors (Lipinski definition) is 1. The van der Waals surface area contributed by atoms with E-state index in [1.165, 1.54) is 12.1 Å². The summed E-state index contributed by atoms with van der Waals surface area (Å²) in [6, 6.07) is 2.89. The molecule has 0 saturated heterocycles. The number of hydrogen-bond acceptors (Lipinski definition) is 2. The first-order chi connectivity index (χ1) is 5.16. The van der Waals surface area contributed by atoms with Crippen molar-refractivity contribution in [2.24, 2.45) is 0 Å². The second kappa shape index (κ2) is 3.50. The largest absolute Gasteiger partial charge is 0.339 e. The fraction of sp³-hybridized carbons (Fsp3) is 0. The Kier molecular flexibility index (Phi) is 2.84. The van der Waals surface area contributed by atoms with Gasteiger partial charge in [0.15, 0.2) is 5.75 Å². The Hall–Kier alpha value is -0.150. The molecule has 11 heavy (non-hydrogen) atoms. The lowest BCUT2D eigenvalue weighted by Crippen LogP contribution is -1.85. The summed E-state index contributed by atoms with van der Waals surface area (Å²) in [4.78, 5) is 3.91. The van der Waals surface area contributed by atoms with Crippen molar-refractivity contribution in [3.05, 3.63) is 27.2 Å². The minimum atomic E-state index is 0.0843. The van der Waals surface area contributed by atoms with Crippen LogP contribution in [0.1, 0.15) is 0 Å². The van der Waals surface area contributed by atoms with Gasteiger partial charge in [-0.3, -0.25) is 0 Å². The van der Waals surface area contributed by atoms with Gasteiger partial charge in [-0.2, -0.15) is 0 Å². The third-order valence-electron chi connectivity index (χ3n) is 1.10. The molecular weight excluding hydrogens is 210 g/mol. The van der Waals surface area contributed by atoms with E-state index in [2.05, 4.69) is 4.89 Å². The Bertz CT molecular complexity index is 275. The van der Waals surface area contributed by atoms with Crippen LogP contribution in [0.3, 0.4) is 0 Å². The van der Waals surface area contributed by atoms with Crippen molar-refractivity contribution in [3.63, 3.8) is 0 Å². The van der Waals surface area contributed by atoms with Gasteiger partial charge < -0.3 is 4.89 Å². The molecule has 60 valence electrons. The molecule has 0 spiro atoms. The van der Waals surface area contributed by atoms with Gasteiger partial charge in [-0.25, -0.2) is 5.26 Å².